The molecule has 0 bridgehead atoms. The predicted molar refractivity (Wildman–Crippen MR) is 81.0 cm³/mol. The van der Waals surface area contributed by atoms with Crippen molar-refractivity contribution in [3.05, 3.63) is 52.3 Å². The van der Waals surface area contributed by atoms with Crippen LogP contribution in [0.5, 0.6) is 11.5 Å². The summed E-state index contributed by atoms with van der Waals surface area (Å²) in [4.78, 5) is 0. The smallest absolute Gasteiger partial charge is 0.165 e. The number of anilines is 1. The molecule has 2 aromatic rings. The molecule has 0 aromatic heterocycles. The molecule has 0 saturated carbocycles. The monoisotopic (exact) mass is 339 g/mol. The second-order valence-electron chi connectivity index (χ2n) is 4.17. The zero-order chi connectivity index (χ0) is 14.5. The lowest BCUT2D eigenvalue weighted by Crippen LogP contribution is -2.00. The highest BCUT2D eigenvalue weighted by atomic mass is 79.9. The standard InChI is InChI=1S/C15H15BrFNO2/c1-19-14-6-4-11(8-12(14)16)18-9-10-3-5-15(20-2)13(17)7-10/h3-8,18H,9H2,1-2H3. The van der Waals surface area contributed by atoms with Crippen molar-refractivity contribution in [3.63, 3.8) is 0 Å². The van der Waals surface area contributed by atoms with E-state index in [1.54, 1.807) is 13.2 Å². The van der Waals surface area contributed by atoms with Crippen LogP contribution >= 0.6 is 15.9 Å². The highest BCUT2D eigenvalue weighted by Gasteiger charge is 2.04. The molecule has 2 rings (SSSR count). The highest BCUT2D eigenvalue weighted by Crippen LogP contribution is 2.28. The largest absolute Gasteiger partial charge is 0.496 e. The van der Waals surface area contributed by atoms with Crippen LogP contribution in [0.2, 0.25) is 0 Å². The fourth-order valence-corrected chi connectivity index (χ4v) is 2.34. The Labute approximate surface area is 125 Å². The van der Waals surface area contributed by atoms with Gasteiger partial charge in [0.1, 0.15) is 5.75 Å². The van der Waals surface area contributed by atoms with E-state index in [4.69, 9.17) is 9.47 Å². The molecule has 0 aliphatic rings. The number of benzene rings is 2. The molecule has 0 atom stereocenters. The van der Waals surface area contributed by atoms with E-state index in [2.05, 4.69) is 21.2 Å². The maximum Gasteiger partial charge on any atom is 0.165 e. The van der Waals surface area contributed by atoms with Gasteiger partial charge in [-0.2, -0.15) is 0 Å². The minimum Gasteiger partial charge on any atom is -0.496 e. The molecule has 0 radical (unpaired) electrons. The van der Waals surface area contributed by atoms with Crippen LogP contribution in [0.25, 0.3) is 0 Å². The molecule has 106 valence electrons. The summed E-state index contributed by atoms with van der Waals surface area (Å²) in [6.45, 7) is 0.527. The van der Waals surface area contributed by atoms with Crippen molar-refractivity contribution in [1.82, 2.24) is 0 Å². The third-order valence-corrected chi connectivity index (χ3v) is 3.48. The lowest BCUT2D eigenvalue weighted by Gasteiger charge is -2.10. The first-order valence-corrected chi connectivity index (χ1v) is 6.83. The van der Waals surface area contributed by atoms with E-state index in [-0.39, 0.29) is 11.6 Å². The third-order valence-electron chi connectivity index (χ3n) is 2.86. The summed E-state index contributed by atoms with van der Waals surface area (Å²) in [5.74, 6) is 0.662. The highest BCUT2D eigenvalue weighted by molar-refractivity contribution is 9.10. The van der Waals surface area contributed by atoms with Crippen molar-refractivity contribution in [1.29, 1.82) is 0 Å². The predicted octanol–water partition coefficient (Wildman–Crippen LogP) is 4.22. The van der Waals surface area contributed by atoms with Crippen LogP contribution < -0.4 is 14.8 Å². The SMILES string of the molecule is COc1ccc(CNc2ccc(OC)c(Br)c2)cc1F. The molecule has 0 saturated heterocycles. The van der Waals surface area contributed by atoms with E-state index in [1.165, 1.54) is 13.2 Å². The van der Waals surface area contributed by atoms with E-state index in [9.17, 15) is 4.39 Å². The summed E-state index contributed by atoms with van der Waals surface area (Å²) in [5, 5.41) is 3.22. The van der Waals surface area contributed by atoms with Crippen molar-refractivity contribution in [2.45, 2.75) is 6.54 Å². The van der Waals surface area contributed by atoms with Crippen LogP contribution in [0.4, 0.5) is 10.1 Å². The van der Waals surface area contributed by atoms with E-state index in [1.807, 2.05) is 24.3 Å². The average molecular weight is 340 g/mol. The Bertz CT molecular complexity index is 551. The van der Waals surface area contributed by atoms with Crippen LogP contribution in [0.3, 0.4) is 0 Å². The molecule has 5 heteroatoms. The van der Waals surface area contributed by atoms with Gasteiger partial charge in [0.25, 0.3) is 0 Å². The number of nitrogens with one attached hydrogen (secondary N) is 1. The van der Waals surface area contributed by atoms with E-state index in [0.717, 1.165) is 21.5 Å². The molecule has 0 spiro atoms. The van der Waals surface area contributed by atoms with E-state index < -0.39 is 0 Å². The molecule has 1 N–H and O–H groups in total. The molecule has 0 amide bonds. The van der Waals surface area contributed by atoms with Crippen molar-refractivity contribution in [2.24, 2.45) is 0 Å². The van der Waals surface area contributed by atoms with Crippen molar-refractivity contribution < 1.29 is 13.9 Å². The zero-order valence-electron chi connectivity index (χ0n) is 11.2. The van der Waals surface area contributed by atoms with Crippen LogP contribution in [-0.2, 0) is 6.54 Å². The lowest BCUT2D eigenvalue weighted by atomic mass is 10.2. The summed E-state index contributed by atoms with van der Waals surface area (Å²) in [6, 6.07) is 10.6. The fraction of sp³-hybridized carbons (Fsp3) is 0.200. The molecule has 0 aliphatic carbocycles. The summed E-state index contributed by atoms with van der Waals surface area (Å²) < 4.78 is 24.5. The summed E-state index contributed by atoms with van der Waals surface area (Å²) >= 11 is 3.42. The normalized spacial score (nSPS) is 10.2. The number of hydrogen-bond acceptors (Lipinski definition) is 3. The Hall–Kier alpha value is -1.75. The first-order valence-electron chi connectivity index (χ1n) is 6.04. The van der Waals surface area contributed by atoms with Gasteiger partial charge in [-0.25, -0.2) is 4.39 Å². The van der Waals surface area contributed by atoms with Gasteiger partial charge in [0.05, 0.1) is 18.7 Å². The van der Waals surface area contributed by atoms with Crippen LogP contribution in [0.1, 0.15) is 5.56 Å². The van der Waals surface area contributed by atoms with Crippen molar-refractivity contribution in [3.8, 4) is 11.5 Å². The maximum atomic E-state index is 13.6. The number of rotatable bonds is 5. The Kier molecular flexibility index (Phi) is 4.84. The number of methoxy groups -OCH3 is 2. The first kappa shape index (κ1) is 14.7. The molecule has 0 unspecified atom stereocenters. The molecule has 3 nitrogen and oxygen atoms in total. The molecule has 2 aromatic carbocycles. The Morgan fingerprint density at radius 1 is 1.05 bits per heavy atom. The van der Waals surface area contributed by atoms with Gasteiger partial charge >= 0.3 is 0 Å². The second-order valence-corrected chi connectivity index (χ2v) is 5.03. The van der Waals surface area contributed by atoms with Gasteiger partial charge in [0.15, 0.2) is 11.6 Å². The fourth-order valence-electron chi connectivity index (χ4n) is 1.80. The minimum atomic E-state index is -0.359. The molecular formula is C15H15BrFNO2. The van der Waals surface area contributed by atoms with Gasteiger partial charge in [-0.3, -0.25) is 0 Å². The van der Waals surface area contributed by atoms with Gasteiger partial charge in [-0.15, -0.1) is 0 Å². The molecule has 0 fully saturated rings. The number of ether oxygens (including phenoxy) is 2. The van der Waals surface area contributed by atoms with Crippen molar-refractivity contribution in [2.75, 3.05) is 19.5 Å². The van der Waals surface area contributed by atoms with Gasteiger partial charge in [-0.05, 0) is 51.8 Å². The quantitative estimate of drug-likeness (QED) is 0.884. The van der Waals surface area contributed by atoms with Gasteiger partial charge in [0, 0.05) is 12.2 Å². The lowest BCUT2D eigenvalue weighted by molar-refractivity contribution is 0.386. The molecule has 20 heavy (non-hydrogen) atoms. The first-order chi connectivity index (χ1) is 9.63. The molecule has 0 aliphatic heterocycles. The van der Waals surface area contributed by atoms with Gasteiger partial charge < -0.3 is 14.8 Å². The molecular weight excluding hydrogens is 325 g/mol. The minimum absolute atomic E-state index is 0.251. The van der Waals surface area contributed by atoms with Gasteiger partial charge in [-0.1, -0.05) is 6.07 Å². The van der Waals surface area contributed by atoms with Crippen molar-refractivity contribution >= 4 is 21.6 Å². The number of halogens is 2. The Balaban J connectivity index is 2.05. The zero-order valence-corrected chi connectivity index (χ0v) is 12.8. The van der Waals surface area contributed by atoms with E-state index >= 15 is 0 Å². The average Bonchev–Trinajstić information content (AvgIpc) is 2.45. The number of hydrogen-bond donors (Lipinski definition) is 1. The van der Waals surface area contributed by atoms with Crippen LogP contribution in [-0.4, -0.2) is 14.2 Å². The Morgan fingerprint density at radius 3 is 2.35 bits per heavy atom. The summed E-state index contributed by atoms with van der Waals surface area (Å²) in [7, 11) is 3.07. The van der Waals surface area contributed by atoms with Crippen LogP contribution in [0, 0.1) is 5.82 Å². The summed E-state index contributed by atoms with van der Waals surface area (Å²) in [5.41, 5.74) is 1.77. The Morgan fingerprint density at radius 2 is 1.75 bits per heavy atom. The molecule has 0 heterocycles. The topological polar surface area (TPSA) is 30.5 Å². The third kappa shape index (κ3) is 3.42. The van der Waals surface area contributed by atoms with Crippen LogP contribution in [0.15, 0.2) is 40.9 Å². The van der Waals surface area contributed by atoms with E-state index in [0.29, 0.717) is 6.54 Å². The summed E-state index contributed by atoms with van der Waals surface area (Å²) in [6.07, 6.45) is 0. The second kappa shape index (κ2) is 6.61. The van der Waals surface area contributed by atoms with Gasteiger partial charge in [0.2, 0.25) is 0 Å². The maximum absolute atomic E-state index is 13.6.